The van der Waals surface area contributed by atoms with E-state index in [2.05, 4.69) is 24.6 Å². The highest BCUT2D eigenvalue weighted by atomic mass is 32.2. The maximum absolute atomic E-state index is 13.1. The van der Waals surface area contributed by atoms with Crippen molar-refractivity contribution >= 4 is 27.5 Å². The predicted octanol–water partition coefficient (Wildman–Crippen LogP) is 2.44. The molecule has 0 aliphatic heterocycles. The zero-order valence-corrected chi connectivity index (χ0v) is 19.1. The third-order valence-electron chi connectivity index (χ3n) is 6.06. The van der Waals surface area contributed by atoms with Gasteiger partial charge in [-0.3, -0.25) is 0 Å². The predicted molar refractivity (Wildman–Crippen MR) is 120 cm³/mol. The number of alkyl halides is 3. The van der Waals surface area contributed by atoms with E-state index in [1.807, 2.05) is 0 Å². The lowest BCUT2D eigenvalue weighted by atomic mass is 9.40. The number of nitrogens with two attached hydrogens (primary N) is 1. The zero-order valence-electron chi connectivity index (χ0n) is 21.2. The van der Waals surface area contributed by atoms with E-state index in [1.165, 1.54) is 35.2 Å². The molecule has 3 fully saturated rings. The Morgan fingerprint density at radius 3 is 2.61 bits per heavy atom. The normalized spacial score (nSPS) is 24.1. The number of halogens is 3. The van der Waals surface area contributed by atoms with Gasteiger partial charge in [-0.2, -0.15) is 18.3 Å². The maximum Gasteiger partial charge on any atom is 0.490 e. The van der Waals surface area contributed by atoms with Crippen LogP contribution in [0.5, 0.6) is 0 Å². The van der Waals surface area contributed by atoms with Crippen molar-refractivity contribution < 1.29 is 35.6 Å². The molecule has 15 heteroatoms. The average molecular weight is 527 g/mol. The summed E-state index contributed by atoms with van der Waals surface area (Å²) in [6.45, 7) is 4.97. The first-order chi connectivity index (χ1) is 17.9. The molecule has 3 aromatic rings. The fraction of sp³-hybridized carbons (Fsp3) is 0.381. The largest absolute Gasteiger partial charge is 0.490 e. The van der Waals surface area contributed by atoms with Crippen molar-refractivity contribution in [2.45, 2.75) is 42.7 Å². The van der Waals surface area contributed by atoms with Crippen molar-refractivity contribution in [3.8, 4) is 11.3 Å². The van der Waals surface area contributed by atoms with Gasteiger partial charge in [0, 0.05) is 20.6 Å². The SMILES string of the molecule is O=C(O)C(F)(F)F.[2H]C([2H])([2H])c1ccc(S(=O)(=O)NC23CC(C[N+]#[C-])(C2)C3)cc1-c1cnc2c(N)ncnn12. The molecular formula is C21H20F3N7O4S. The summed E-state index contributed by atoms with van der Waals surface area (Å²) in [5, 5.41) is 11.2. The number of hydrogen-bond donors (Lipinski definition) is 3. The van der Waals surface area contributed by atoms with Crippen molar-refractivity contribution in [1.29, 1.82) is 0 Å². The Morgan fingerprint density at radius 2 is 2.03 bits per heavy atom. The Bertz CT molecular complexity index is 1600. The second-order valence-electron chi connectivity index (χ2n) is 8.77. The van der Waals surface area contributed by atoms with Crippen LogP contribution < -0.4 is 10.5 Å². The highest BCUT2D eigenvalue weighted by Crippen LogP contribution is 2.67. The summed E-state index contributed by atoms with van der Waals surface area (Å²) in [4.78, 5) is 20.3. The minimum absolute atomic E-state index is 0.0306. The molecule has 6 rings (SSSR count). The Morgan fingerprint density at radius 1 is 1.36 bits per heavy atom. The van der Waals surface area contributed by atoms with Crippen LogP contribution in [0, 0.1) is 18.8 Å². The van der Waals surface area contributed by atoms with Gasteiger partial charge >= 0.3 is 12.1 Å². The number of carboxylic acid groups (broad SMARTS) is 1. The molecule has 0 unspecified atom stereocenters. The summed E-state index contributed by atoms with van der Waals surface area (Å²) in [5.41, 5.74) is 5.92. The number of aromatic nitrogens is 4. The van der Waals surface area contributed by atoms with Crippen LogP contribution in [-0.4, -0.2) is 57.3 Å². The highest BCUT2D eigenvalue weighted by molar-refractivity contribution is 7.89. The molecule has 11 nitrogen and oxygen atoms in total. The molecule has 36 heavy (non-hydrogen) atoms. The van der Waals surface area contributed by atoms with Gasteiger partial charge in [0.2, 0.25) is 16.6 Å². The number of rotatable bonds is 5. The van der Waals surface area contributed by atoms with Crippen LogP contribution in [0.2, 0.25) is 0 Å². The van der Waals surface area contributed by atoms with Gasteiger partial charge in [0.15, 0.2) is 11.5 Å². The molecule has 3 aliphatic rings. The molecule has 3 aliphatic carbocycles. The molecule has 0 amide bonds. The lowest BCUT2D eigenvalue weighted by Crippen LogP contribution is -2.75. The summed E-state index contributed by atoms with van der Waals surface area (Å²) in [6.07, 6.45) is -0.543. The van der Waals surface area contributed by atoms with E-state index >= 15 is 0 Å². The molecular weight excluding hydrogens is 503 g/mol. The number of nitrogens with zero attached hydrogens (tertiary/aromatic N) is 5. The molecule has 0 spiro atoms. The van der Waals surface area contributed by atoms with E-state index in [-0.39, 0.29) is 32.9 Å². The van der Waals surface area contributed by atoms with Crippen LogP contribution >= 0.6 is 0 Å². The lowest BCUT2D eigenvalue weighted by molar-refractivity contribution is -0.192. The number of carboxylic acids is 1. The van der Waals surface area contributed by atoms with Crippen LogP contribution in [0.1, 0.15) is 28.9 Å². The molecule has 0 atom stereocenters. The van der Waals surface area contributed by atoms with Gasteiger partial charge in [-0.25, -0.2) is 39.0 Å². The van der Waals surface area contributed by atoms with Gasteiger partial charge in [-0.1, -0.05) is 6.07 Å². The van der Waals surface area contributed by atoms with Crippen molar-refractivity contribution in [2.24, 2.45) is 5.41 Å². The summed E-state index contributed by atoms with van der Waals surface area (Å²) in [6, 6.07) is 3.91. The van der Waals surface area contributed by atoms with Crippen LogP contribution in [0.15, 0.2) is 35.6 Å². The van der Waals surface area contributed by atoms with Crippen molar-refractivity contribution in [3.05, 3.63) is 47.7 Å². The number of aryl methyl sites for hydroxylation is 1. The van der Waals surface area contributed by atoms with Gasteiger partial charge < -0.3 is 15.7 Å². The van der Waals surface area contributed by atoms with Crippen molar-refractivity contribution in [3.63, 3.8) is 0 Å². The number of carbonyl (C=O) groups is 1. The van der Waals surface area contributed by atoms with E-state index in [1.54, 1.807) is 0 Å². The van der Waals surface area contributed by atoms with Crippen LogP contribution in [0.3, 0.4) is 0 Å². The minimum atomic E-state index is -5.08. The molecule has 2 aromatic heterocycles. The number of nitrogen functional groups attached to an aromatic ring is 1. The Balaban J connectivity index is 0.000000448. The third-order valence-corrected chi connectivity index (χ3v) is 7.63. The molecule has 2 heterocycles. The summed E-state index contributed by atoms with van der Waals surface area (Å²) in [7, 11) is -3.92. The van der Waals surface area contributed by atoms with E-state index < -0.39 is 34.6 Å². The first-order valence-electron chi connectivity index (χ1n) is 11.7. The smallest absolute Gasteiger partial charge is 0.475 e. The van der Waals surface area contributed by atoms with Crippen LogP contribution in [0.4, 0.5) is 19.0 Å². The topological polar surface area (TPSA) is 157 Å². The Labute approximate surface area is 207 Å². The second-order valence-corrected chi connectivity index (χ2v) is 10.4. The van der Waals surface area contributed by atoms with Crippen molar-refractivity contribution in [2.75, 3.05) is 12.3 Å². The standard InChI is InChI=1S/C19H19N7O2S.C2HF3O2/c1-12-3-4-13(29(27,28)25-19-7-18(8-19,9-19)10-21-2)5-14(12)15-6-22-17-16(20)23-11-24-26(15)17;3-2(4,5)1(6)7/h3-6,11,25H,7-10H2,1H3,(H2,20,23,24);(H,6,7)/i1D3;. The van der Waals surface area contributed by atoms with Gasteiger partial charge in [0.25, 0.3) is 0 Å². The second kappa shape index (κ2) is 8.42. The van der Waals surface area contributed by atoms with Gasteiger partial charge in [0.05, 0.1) is 16.8 Å². The number of sulfonamides is 1. The highest BCUT2D eigenvalue weighted by Gasteiger charge is 2.71. The molecule has 0 saturated heterocycles. The molecule has 0 radical (unpaired) electrons. The van der Waals surface area contributed by atoms with Crippen molar-refractivity contribution in [1.82, 2.24) is 24.3 Å². The molecule has 1 aromatic carbocycles. The Hall–Kier alpha value is -3.77. The van der Waals surface area contributed by atoms with E-state index in [0.29, 0.717) is 31.5 Å². The van der Waals surface area contributed by atoms with E-state index in [0.717, 1.165) is 0 Å². The first-order valence-corrected chi connectivity index (χ1v) is 11.7. The van der Waals surface area contributed by atoms with Gasteiger partial charge in [-0.15, -0.1) is 0 Å². The molecule has 4 N–H and O–H groups in total. The first kappa shape index (κ1) is 21.5. The summed E-state index contributed by atoms with van der Waals surface area (Å²) in [5.74, 6) is -2.64. The minimum Gasteiger partial charge on any atom is -0.475 e. The zero-order chi connectivity index (χ0) is 29.0. The summed E-state index contributed by atoms with van der Waals surface area (Å²) >= 11 is 0. The third kappa shape index (κ3) is 4.44. The van der Waals surface area contributed by atoms with E-state index in [4.69, 9.17) is 26.3 Å². The maximum atomic E-state index is 13.1. The number of anilines is 1. The molecule has 2 bridgehead atoms. The number of benzene rings is 1. The van der Waals surface area contributed by atoms with Crippen LogP contribution in [0.25, 0.3) is 21.7 Å². The Kier molecular flexibility index (Phi) is 5.03. The monoisotopic (exact) mass is 526 g/mol. The van der Waals surface area contributed by atoms with Gasteiger partial charge in [-0.05, 0) is 43.8 Å². The lowest BCUT2D eigenvalue weighted by Gasteiger charge is -2.67. The van der Waals surface area contributed by atoms with Gasteiger partial charge in [0.1, 0.15) is 6.33 Å². The summed E-state index contributed by atoms with van der Waals surface area (Å²) < 4.78 is 85.8. The number of aliphatic carboxylic acids is 1. The van der Waals surface area contributed by atoms with E-state index in [9.17, 15) is 21.6 Å². The number of nitrogens with one attached hydrogen (secondary N) is 1. The molecule has 190 valence electrons. The average Bonchev–Trinajstić information content (AvgIpc) is 3.21. The quantitative estimate of drug-likeness (QED) is 0.428. The number of imidazole rings is 1. The molecule has 3 saturated carbocycles. The number of fused-ring (bicyclic) bond motifs is 1. The van der Waals surface area contributed by atoms with Crippen LogP contribution in [-0.2, 0) is 14.8 Å². The fourth-order valence-corrected chi connectivity index (χ4v) is 6.13. The fourth-order valence-electron chi connectivity index (χ4n) is 4.71. The number of hydrogen-bond acceptors (Lipinski definition) is 7.